The van der Waals surface area contributed by atoms with Crippen molar-refractivity contribution in [2.45, 2.75) is 19.3 Å². The Labute approximate surface area is 127 Å². The summed E-state index contributed by atoms with van der Waals surface area (Å²) < 4.78 is 5.29. The smallest absolute Gasteiger partial charge is 0.191 e. The number of aliphatic imine (C=N–C) groups is 1. The topological polar surface area (TPSA) is 65.9 Å². The van der Waals surface area contributed by atoms with Gasteiger partial charge in [-0.25, -0.2) is 0 Å². The number of rotatable bonds is 9. The second kappa shape index (κ2) is 11.1. The van der Waals surface area contributed by atoms with Gasteiger partial charge in [0.15, 0.2) is 5.96 Å². The molecule has 1 unspecified atom stereocenters. The minimum Gasteiger partial charge on any atom is -0.396 e. The van der Waals surface area contributed by atoms with Crippen LogP contribution >= 0.6 is 0 Å². The van der Waals surface area contributed by atoms with Crippen molar-refractivity contribution >= 4 is 5.96 Å². The average Bonchev–Trinajstić information content (AvgIpc) is 2.54. The molecule has 0 saturated carbocycles. The highest BCUT2D eigenvalue weighted by atomic mass is 16.5. The van der Waals surface area contributed by atoms with Crippen LogP contribution in [0.15, 0.2) is 35.3 Å². The van der Waals surface area contributed by atoms with Crippen LogP contribution in [-0.4, -0.2) is 51.0 Å². The third kappa shape index (κ3) is 7.11. The van der Waals surface area contributed by atoms with Gasteiger partial charge < -0.3 is 20.5 Å². The summed E-state index contributed by atoms with van der Waals surface area (Å²) in [5.74, 6) is 0.814. The van der Waals surface area contributed by atoms with Crippen LogP contribution in [0.2, 0.25) is 0 Å². The van der Waals surface area contributed by atoms with Crippen molar-refractivity contribution in [3.63, 3.8) is 0 Å². The highest BCUT2D eigenvalue weighted by Gasteiger charge is 2.10. The standard InChI is InChI=1S/C16H27N3O2/c1-3-21-11-7-10-18-16(17-2)19-12-15(13-20)14-8-5-4-6-9-14/h4-6,8-9,15,20H,3,7,10-13H2,1-2H3,(H2,17,18,19). The van der Waals surface area contributed by atoms with Gasteiger partial charge in [-0.2, -0.15) is 0 Å². The Morgan fingerprint density at radius 1 is 1.29 bits per heavy atom. The largest absolute Gasteiger partial charge is 0.396 e. The van der Waals surface area contributed by atoms with Crippen LogP contribution in [0, 0.1) is 0 Å². The molecule has 0 bridgehead atoms. The Balaban J connectivity index is 2.33. The van der Waals surface area contributed by atoms with Gasteiger partial charge in [-0.1, -0.05) is 30.3 Å². The molecule has 0 aliphatic rings. The lowest BCUT2D eigenvalue weighted by atomic mass is 10.0. The number of guanidine groups is 1. The zero-order valence-electron chi connectivity index (χ0n) is 13.0. The summed E-state index contributed by atoms with van der Waals surface area (Å²) in [4.78, 5) is 4.18. The van der Waals surface area contributed by atoms with Crippen LogP contribution in [0.5, 0.6) is 0 Å². The molecule has 0 saturated heterocycles. The Hall–Kier alpha value is -1.59. The first-order valence-electron chi connectivity index (χ1n) is 7.49. The highest BCUT2D eigenvalue weighted by Crippen LogP contribution is 2.13. The predicted molar refractivity (Wildman–Crippen MR) is 86.7 cm³/mol. The molecule has 0 fully saturated rings. The molecule has 0 spiro atoms. The van der Waals surface area contributed by atoms with E-state index >= 15 is 0 Å². The molecule has 5 nitrogen and oxygen atoms in total. The molecule has 118 valence electrons. The van der Waals surface area contributed by atoms with Gasteiger partial charge >= 0.3 is 0 Å². The summed E-state index contributed by atoms with van der Waals surface area (Å²) in [7, 11) is 1.74. The van der Waals surface area contributed by atoms with Crippen molar-refractivity contribution < 1.29 is 9.84 Å². The van der Waals surface area contributed by atoms with Crippen LogP contribution in [-0.2, 0) is 4.74 Å². The number of hydrogen-bond donors (Lipinski definition) is 3. The molecule has 1 aromatic carbocycles. The van der Waals surface area contributed by atoms with Crippen LogP contribution in [0.4, 0.5) is 0 Å². The molecule has 0 aliphatic carbocycles. The third-order valence-corrected chi connectivity index (χ3v) is 3.19. The van der Waals surface area contributed by atoms with E-state index in [1.54, 1.807) is 7.05 Å². The first-order chi connectivity index (χ1) is 10.3. The van der Waals surface area contributed by atoms with Crippen molar-refractivity contribution in [3.05, 3.63) is 35.9 Å². The summed E-state index contributed by atoms with van der Waals surface area (Å²) in [5, 5.41) is 16.0. The van der Waals surface area contributed by atoms with Crippen molar-refractivity contribution in [2.75, 3.05) is 40.0 Å². The monoisotopic (exact) mass is 293 g/mol. The fourth-order valence-electron chi connectivity index (χ4n) is 1.98. The van der Waals surface area contributed by atoms with Crippen molar-refractivity contribution in [2.24, 2.45) is 4.99 Å². The first kappa shape index (κ1) is 17.5. The van der Waals surface area contributed by atoms with Crippen LogP contribution < -0.4 is 10.6 Å². The van der Waals surface area contributed by atoms with E-state index in [4.69, 9.17) is 4.74 Å². The van der Waals surface area contributed by atoms with Crippen molar-refractivity contribution in [1.29, 1.82) is 0 Å². The molecular weight excluding hydrogens is 266 g/mol. The maximum atomic E-state index is 9.52. The molecule has 1 atom stereocenters. The second-order valence-electron chi connectivity index (χ2n) is 4.72. The summed E-state index contributed by atoms with van der Waals surface area (Å²) in [6.07, 6.45) is 0.941. The Bertz CT molecular complexity index is 396. The van der Waals surface area contributed by atoms with E-state index in [9.17, 15) is 5.11 Å². The number of ether oxygens (including phenoxy) is 1. The quantitative estimate of drug-likeness (QED) is 0.365. The minimum absolute atomic E-state index is 0.0631. The molecule has 3 N–H and O–H groups in total. The fourth-order valence-corrected chi connectivity index (χ4v) is 1.98. The third-order valence-electron chi connectivity index (χ3n) is 3.19. The minimum atomic E-state index is 0.0631. The molecular formula is C16H27N3O2. The van der Waals surface area contributed by atoms with Crippen LogP contribution in [0.25, 0.3) is 0 Å². The number of aliphatic hydroxyl groups excluding tert-OH is 1. The number of nitrogens with one attached hydrogen (secondary N) is 2. The summed E-state index contributed by atoms with van der Waals surface area (Å²) >= 11 is 0. The molecule has 0 radical (unpaired) electrons. The zero-order chi connectivity index (χ0) is 15.3. The maximum absolute atomic E-state index is 9.52. The van der Waals surface area contributed by atoms with E-state index in [0.29, 0.717) is 6.54 Å². The van der Waals surface area contributed by atoms with Gasteiger partial charge in [-0.15, -0.1) is 0 Å². The van der Waals surface area contributed by atoms with Gasteiger partial charge in [-0.05, 0) is 18.9 Å². The number of nitrogens with zero attached hydrogens (tertiary/aromatic N) is 1. The van der Waals surface area contributed by atoms with Crippen molar-refractivity contribution in [3.8, 4) is 0 Å². The van der Waals surface area contributed by atoms with Gasteiger partial charge in [0, 0.05) is 39.3 Å². The van der Waals surface area contributed by atoms with Crippen LogP contribution in [0.3, 0.4) is 0 Å². The molecule has 0 aromatic heterocycles. The van der Waals surface area contributed by atoms with Crippen molar-refractivity contribution in [1.82, 2.24) is 10.6 Å². The molecule has 0 amide bonds. The first-order valence-corrected chi connectivity index (χ1v) is 7.49. The van der Waals surface area contributed by atoms with Gasteiger partial charge in [0.05, 0.1) is 6.61 Å². The number of benzene rings is 1. The Morgan fingerprint density at radius 3 is 2.67 bits per heavy atom. The Kier molecular flexibility index (Phi) is 9.24. The van der Waals surface area contributed by atoms with E-state index in [-0.39, 0.29) is 12.5 Å². The Morgan fingerprint density at radius 2 is 2.05 bits per heavy atom. The molecule has 1 aromatic rings. The molecule has 0 aliphatic heterocycles. The van der Waals surface area contributed by atoms with Crippen LogP contribution in [0.1, 0.15) is 24.8 Å². The second-order valence-corrected chi connectivity index (χ2v) is 4.72. The summed E-state index contributed by atoms with van der Waals surface area (Å²) in [5.41, 5.74) is 1.12. The van der Waals surface area contributed by atoms with E-state index < -0.39 is 0 Å². The normalized spacial score (nSPS) is 13.0. The number of aliphatic hydroxyl groups is 1. The lowest BCUT2D eigenvalue weighted by molar-refractivity contribution is 0.145. The lowest BCUT2D eigenvalue weighted by Gasteiger charge is -2.18. The summed E-state index contributed by atoms with van der Waals surface area (Å²) in [6.45, 7) is 5.07. The van der Waals surface area contributed by atoms with E-state index in [1.165, 1.54) is 0 Å². The molecule has 5 heteroatoms. The average molecular weight is 293 g/mol. The predicted octanol–water partition coefficient (Wildman–Crippen LogP) is 1.35. The number of hydrogen-bond acceptors (Lipinski definition) is 3. The lowest BCUT2D eigenvalue weighted by Crippen LogP contribution is -2.40. The van der Waals surface area contributed by atoms with Gasteiger partial charge in [0.25, 0.3) is 0 Å². The SMILES string of the molecule is CCOCCCNC(=NC)NCC(CO)c1ccccc1. The van der Waals surface area contributed by atoms with Gasteiger partial charge in [0.1, 0.15) is 0 Å². The zero-order valence-corrected chi connectivity index (χ0v) is 13.0. The fraction of sp³-hybridized carbons (Fsp3) is 0.562. The molecule has 1 rings (SSSR count). The summed E-state index contributed by atoms with van der Waals surface area (Å²) in [6, 6.07) is 10.0. The maximum Gasteiger partial charge on any atom is 0.191 e. The van der Waals surface area contributed by atoms with Gasteiger partial charge in [0.2, 0.25) is 0 Å². The van der Waals surface area contributed by atoms with E-state index in [0.717, 1.165) is 37.7 Å². The molecule has 0 heterocycles. The molecule has 21 heavy (non-hydrogen) atoms. The van der Waals surface area contributed by atoms with E-state index in [2.05, 4.69) is 15.6 Å². The highest BCUT2D eigenvalue weighted by molar-refractivity contribution is 5.79. The van der Waals surface area contributed by atoms with E-state index in [1.807, 2.05) is 37.3 Å². The van der Waals surface area contributed by atoms with Gasteiger partial charge in [-0.3, -0.25) is 4.99 Å².